The third-order valence-electron chi connectivity index (χ3n) is 5.27. The summed E-state index contributed by atoms with van der Waals surface area (Å²) in [5, 5.41) is 0.601. The molecule has 166 valence electrons. The summed E-state index contributed by atoms with van der Waals surface area (Å²) in [4.78, 5) is 39.3. The Morgan fingerprint density at radius 2 is 1.45 bits per heavy atom. The summed E-state index contributed by atoms with van der Waals surface area (Å²) in [6.45, 7) is 0.391. The van der Waals surface area contributed by atoms with Gasteiger partial charge in [0.1, 0.15) is 11.1 Å². The predicted molar refractivity (Wildman–Crippen MR) is 125 cm³/mol. The number of esters is 1. The first-order chi connectivity index (χ1) is 16.1. The lowest BCUT2D eigenvalue weighted by Crippen LogP contribution is -2.36. The van der Waals surface area contributed by atoms with Gasteiger partial charge in [0.05, 0.1) is 0 Å². The number of hydrogen-bond donors (Lipinski definition) is 0. The van der Waals surface area contributed by atoms with Crippen LogP contribution in [0.5, 0.6) is 0 Å². The third-order valence-corrected chi connectivity index (χ3v) is 5.27. The monoisotopic (exact) mass is 441 g/mol. The van der Waals surface area contributed by atoms with Crippen molar-refractivity contribution in [1.82, 2.24) is 4.90 Å². The van der Waals surface area contributed by atoms with Crippen molar-refractivity contribution in [2.75, 3.05) is 13.2 Å². The fraction of sp³-hybridized carbons (Fsp3) is 0.148. The predicted octanol–water partition coefficient (Wildman–Crippen LogP) is 4.22. The number of ether oxygens (including phenoxy) is 1. The molecule has 4 rings (SSSR count). The smallest absolute Gasteiger partial charge is 0.351 e. The number of carbonyl (C=O) groups is 2. The van der Waals surface area contributed by atoms with Crippen LogP contribution in [0.4, 0.5) is 0 Å². The van der Waals surface area contributed by atoms with Gasteiger partial charge >= 0.3 is 11.6 Å². The Morgan fingerprint density at radius 3 is 2.18 bits per heavy atom. The number of nitrogens with zero attached hydrogens (tertiary/aromatic N) is 1. The number of carbonyl (C=O) groups excluding carboxylic acids is 2. The largest absolute Gasteiger partial charge is 0.452 e. The van der Waals surface area contributed by atoms with Crippen molar-refractivity contribution in [2.45, 2.75) is 13.0 Å². The van der Waals surface area contributed by atoms with Crippen LogP contribution in [0.2, 0.25) is 0 Å². The minimum absolute atomic E-state index is 0.236. The van der Waals surface area contributed by atoms with Gasteiger partial charge in [-0.1, -0.05) is 78.9 Å². The highest BCUT2D eigenvalue weighted by Crippen LogP contribution is 2.13. The van der Waals surface area contributed by atoms with E-state index < -0.39 is 18.2 Å². The highest BCUT2D eigenvalue weighted by atomic mass is 16.5. The fourth-order valence-electron chi connectivity index (χ4n) is 3.51. The molecule has 0 aliphatic heterocycles. The second-order valence-corrected chi connectivity index (χ2v) is 7.60. The van der Waals surface area contributed by atoms with E-state index in [1.165, 1.54) is 6.07 Å². The van der Waals surface area contributed by atoms with Crippen LogP contribution in [0.15, 0.2) is 100 Å². The van der Waals surface area contributed by atoms with Crippen molar-refractivity contribution in [2.24, 2.45) is 0 Å². The van der Waals surface area contributed by atoms with Gasteiger partial charge in [0.25, 0.3) is 5.91 Å². The molecule has 6 nitrogen and oxygen atoms in total. The Bertz CT molecular complexity index is 1300. The maximum Gasteiger partial charge on any atom is 0.351 e. The van der Waals surface area contributed by atoms with Crippen LogP contribution in [-0.2, 0) is 22.5 Å². The summed E-state index contributed by atoms with van der Waals surface area (Å²) >= 11 is 0. The summed E-state index contributed by atoms with van der Waals surface area (Å²) in [6.07, 6.45) is 0.668. The Balaban J connectivity index is 1.44. The molecule has 0 spiro atoms. The molecule has 0 aliphatic rings. The molecule has 0 saturated carbocycles. The Kier molecular flexibility index (Phi) is 6.95. The van der Waals surface area contributed by atoms with Gasteiger partial charge in [-0.2, -0.15) is 0 Å². The van der Waals surface area contributed by atoms with Crippen molar-refractivity contribution < 1.29 is 18.7 Å². The first kappa shape index (κ1) is 22.0. The van der Waals surface area contributed by atoms with E-state index >= 15 is 0 Å². The lowest BCUT2D eigenvalue weighted by molar-refractivity contribution is -0.135. The Morgan fingerprint density at radius 1 is 0.818 bits per heavy atom. The van der Waals surface area contributed by atoms with Crippen LogP contribution in [-0.4, -0.2) is 29.9 Å². The zero-order chi connectivity index (χ0) is 23.0. The normalized spacial score (nSPS) is 10.7. The molecular formula is C27H23NO5. The molecular weight excluding hydrogens is 418 g/mol. The first-order valence-electron chi connectivity index (χ1n) is 10.7. The quantitative estimate of drug-likeness (QED) is 0.302. The van der Waals surface area contributed by atoms with Crippen molar-refractivity contribution in [1.29, 1.82) is 0 Å². The molecule has 0 bridgehead atoms. The molecule has 0 unspecified atom stereocenters. The van der Waals surface area contributed by atoms with Crippen molar-refractivity contribution >= 4 is 22.8 Å². The summed E-state index contributed by atoms with van der Waals surface area (Å²) in [6, 6.07) is 27.8. The summed E-state index contributed by atoms with van der Waals surface area (Å²) in [5.41, 5.74) is 1.43. The molecule has 1 aromatic heterocycles. The minimum atomic E-state index is -0.884. The fourth-order valence-corrected chi connectivity index (χ4v) is 3.51. The maximum absolute atomic E-state index is 12.9. The highest BCUT2D eigenvalue weighted by Gasteiger charge is 2.20. The first-order valence-corrected chi connectivity index (χ1v) is 10.7. The Hall–Kier alpha value is -4.19. The van der Waals surface area contributed by atoms with Gasteiger partial charge in [-0.25, -0.2) is 9.59 Å². The van der Waals surface area contributed by atoms with Crippen LogP contribution in [0, 0.1) is 0 Å². The van der Waals surface area contributed by atoms with E-state index in [-0.39, 0.29) is 11.5 Å². The van der Waals surface area contributed by atoms with E-state index in [9.17, 15) is 14.4 Å². The van der Waals surface area contributed by atoms with Gasteiger partial charge in [0.2, 0.25) is 0 Å². The summed E-state index contributed by atoms with van der Waals surface area (Å²) in [5.74, 6) is -1.22. The molecule has 0 aliphatic carbocycles. The molecule has 0 saturated heterocycles. The van der Waals surface area contributed by atoms with E-state index in [0.717, 1.165) is 11.1 Å². The Labute approximate surface area is 191 Å². The number of benzene rings is 3. The van der Waals surface area contributed by atoms with Gasteiger partial charge in [-0.15, -0.1) is 0 Å². The van der Waals surface area contributed by atoms with Gasteiger partial charge in [0, 0.05) is 18.5 Å². The zero-order valence-electron chi connectivity index (χ0n) is 18.0. The number of rotatable bonds is 8. The van der Waals surface area contributed by atoms with Gasteiger partial charge in [-0.3, -0.25) is 4.79 Å². The molecule has 33 heavy (non-hydrogen) atoms. The van der Waals surface area contributed by atoms with Gasteiger partial charge in [0.15, 0.2) is 6.61 Å². The number of para-hydroxylation sites is 1. The SMILES string of the molecule is O=C(OCC(=O)N(CCc1ccccc1)Cc1ccccc1)c1cc2ccccc2oc1=O. The second kappa shape index (κ2) is 10.4. The van der Waals surface area contributed by atoms with E-state index in [1.54, 1.807) is 29.2 Å². The van der Waals surface area contributed by atoms with E-state index in [4.69, 9.17) is 9.15 Å². The standard InChI is InChI=1S/C27H23NO5/c29-25(19-32-26(30)23-17-22-13-7-8-14-24(22)33-27(23)31)28(18-21-11-5-2-6-12-21)16-15-20-9-3-1-4-10-20/h1-14,17H,15-16,18-19H2. The van der Waals surface area contributed by atoms with Crippen molar-refractivity contribution in [3.63, 3.8) is 0 Å². The molecule has 0 N–H and O–H groups in total. The number of amides is 1. The minimum Gasteiger partial charge on any atom is -0.452 e. The molecule has 1 amide bonds. The molecule has 6 heteroatoms. The second-order valence-electron chi connectivity index (χ2n) is 7.60. The third kappa shape index (κ3) is 5.74. The van der Waals surface area contributed by atoms with Crippen molar-refractivity contribution in [3.05, 3.63) is 118 Å². The van der Waals surface area contributed by atoms with E-state index in [0.29, 0.717) is 30.5 Å². The number of fused-ring (bicyclic) bond motifs is 1. The van der Waals surface area contributed by atoms with E-state index in [2.05, 4.69) is 0 Å². The zero-order valence-corrected chi connectivity index (χ0v) is 18.0. The molecule has 0 atom stereocenters. The van der Waals surface area contributed by atoms with Gasteiger partial charge < -0.3 is 14.1 Å². The van der Waals surface area contributed by atoms with E-state index in [1.807, 2.05) is 60.7 Å². The average Bonchev–Trinajstić information content (AvgIpc) is 2.85. The lowest BCUT2D eigenvalue weighted by atomic mass is 10.1. The van der Waals surface area contributed by atoms with Crippen LogP contribution >= 0.6 is 0 Å². The van der Waals surface area contributed by atoms with Gasteiger partial charge in [-0.05, 0) is 29.7 Å². The lowest BCUT2D eigenvalue weighted by Gasteiger charge is -2.23. The van der Waals surface area contributed by atoms with Crippen LogP contribution in [0.25, 0.3) is 11.0 Å². The molecule has 1 heterocycles. The molecule has 0 radical (unpaired) electrons. The summed E-state index contributed by atoms with van der Waals surface area (Å²) < 4.78 is 10.4. The van der Waals surface area contributed by atoms with Crippen LogP contribution in [0.1, 0.15) is 21.5 Å². The molecule has 4 aromatic rings. The van der Waals surface area contributed by atoms with Crippen LogP contribution in [0.3, 0.4) is 0 Å². The average molecular weight is 441 g/mol. The molecule has 0 fully saturated rings. The molecule has 3 aromatic carbocycles. The summed E-state index contributed by atoms with van der Waals surface area (Å²) in [7, 11) is 0. The van der Waals surface area contributed by atoms with Crippen molar-refractivity contribution in [3.8, 4) is 0 Å². The highest BCUT2D eigenvalue weighted by molar-refractivity contribution is 5.94. The number of hydrogen-bond acceptors (Lipinski definition) is 5. The topological polar surface area (TPSA) is 76.8 Å². The maximum atomic E-state index is 12.9. The van der Waals surface area contributed by atoms with Crippen LogP contribution < -0.4 is 5.63 Å².